The van der Waals surface area contributed by atoms with Crippen molar-refractivity contribution in [2.24, 2.45) is 11.7 Å². The zero-order valence-electron chi connectivity index (χ0n) is 11.5. The van der Waals surface area contributed by atoms with E-state index in [9.17, 15) is 4.79 Å². The van der Waals surface area contributed by atoms with Gasteiger partial charge in [0.1, 0.15) is 5.01 Å². The number of aromatic nitrogens is 1. The average Bonchev–Trinajstić information content (AvgIpc) is 2.99. The maximum Gasteiger partial charge on any atom is 0.224 e. The van der Waals surface area contributed by atoms with E-state index in [4.69, 9.17) is 5.73 Å². The molecule has 2 rings (SSSR count). The largest absolute Gasteiger partial charge is 0.330 e. The number of amides is 1. The highest BCUT2D eigenvalue weighted by atomic mass is 32.1. The van der Waals surface area contributed by atoms with E-state index in [2.05, 4.69) is 17.2 Å². The molecule has 0 spiro atoms. The van der Waals surface area contributed by atoms with Crippen LogP contribution in [-0.2, 0) is 4.79 Å². The topological polar surface area (TPSA) is 68.0 Å². The highest BCUT2D eigenvalue weighted by molar-refractivity contribution is 7.13. The van der Waals surface area contributed by atoms with Gasteiger partial charge in [-0.25, -0.2) is 4.98 Å². The van der Waals surface area contributed by atoms with Gasteiger partial charge < -0.3 is 11.1 Å². The van der Waals surface area contributed by atoms with Crippen LogP contribution >= 0.6 is 11.3 Å². The van der Waals surface area contributed by atoms with Crippen molar-refractivity contribution in [1.29, 1.82) is 0 Å². The van der Waals surface area contributed by atoms with Crippen LogP contribution < -0.4 is 11.1 Å². The fraction of sp³-hybridized carbons (Fsp3) is 0.333. The highest BCUT2D eigenvalue weighted by Gasteiger charge is 2.07. The Morgan fingerprint density at radius 3 is 3.05 bits per heavy atom. The molecule has 0 saturated carbocycles. The SMILES string of the molecule is CC(CN)CCC(=O)Nc1cccc(-c2nccs2)c1. The molecule has 1 atom stereocenters. The molecule has 5 heteroatoms. The quantitative estimate of drug-likeness (QED) is 0.858. The Labute approximate surface area is 123 Å². The summed E-state index contributed by atoms with van der Waals surface area (Å²) in [5.74, 6) is 0.406. The zero-order valence-corrected chi connectivity index (χ0v) is 12.3. The molecule has 0 aliphatic carbocycles. The van der Waals surface area contributed by atoms with Crippen LogP contribution in [0.3, 0.4) is 0 Å². The van der Waals surface area contributed by atoms with Gasteiger partial charge >= 0.3 is 0 Å². The molecule has 1 amide bonds. The second kappa shape index (κ2) is 7.17. The highest BCUT2D eigenvalue weighted by Crippen LogP contribution is 2.24. The third-order valence-corrected chi connectivity index (χ3v) is 3.91. The first-order valence-corrected chi connectivity index (χ1v) is 7.57. The van der Waals surface area contributed by atoms with Gasteiger partial charge in [-0.3, -0.25) is 4.79 Å². The molecule has 0 fully saturated rings. The second-order valence-electron chi connectivity index (χ2n) is 4.85. The summed E-state index contributed by atoms with van der Waals surface area (Å²) >= 11 is 1.58. The fourth-order valence-electron chi connectivity index (χ4n) is 1.81. The van der Waals surface area contributed by atoms with Crippen molar-refractivity contribution in [2.75, 3.05) is 11.9 Å². The van der Waals surface area contributed by atoms with Crippen molar-refractivity contribution in [3.63, 3.8) is 0 Å². The lowest BCUT2D eigenvalue weighted by atomic mass is 10.1. The molecule has 1 heterocycles. The number of nitrogens with one attached hydrogen (secondary N) is 1. The molecule has 4 nitrogen and oxygen atoms in total. The number of carbonyl (C=O) groups is 1. The summed E-state index contributed by atoms with van der Waals surface area (Å²) in [7, 11) is 0. The number of nitrogens with zero attached hydrogens (tertiary/aromatic N) is 1. The first-order chi connectivity index (χ1) is 9.69. The van der Waals surface area contributed by atoms with Gasteiger partial charge in [-0.15, -0.1) is 11.3 Å². The maximum absolute atomic E-state index is 11.9. The van der Waals surface area contributed by atoms with Crippen LogP contribution in [0, 0.1) is 5.92 Å². The average molecular weight is 289 g/mol. The van der Waals surface area contributed by atoms with Gasteiger partial charge in [0.15, 0.2) is 0 Å². The van der Waals surface area contributed by atoms with Crippen LogP contribution in [0.5, 0.6) is 0 Å². The minimum Gasteiger partial charge on any atom is -0.330 e. The molecule has 1 aromatic heterocycles. The predicted molar refractivity (Wildman–Crippen MR) is 83.6 cm³/mol. The lowest BCUT2D eigenvalue weighted by Gasteiger charge is -2.09. The van der Waals surface area contributed by atoms with Gasteiger partial charge in [-0.1, -0.05) is 19.1 Å². The molecular formula is C15H19N3OS. The predicted octanol–water partition coefficient (Wildman–Crippen LogP) is 3.12. The van der Waals surface area contributed by atoms with E-state index in [0.29, 0.717) is 18.9 Å². The number of hydrogen-bond donors (Lipinski definition) is 2. The minimum absolute atomic E-state index is 0.0292. The molecule has 1 unspecified atom stereocenters. The minimum atomic E-state index is 0.0292. The first kappa shape index (κ1) is 14.7. The molecule has 0 radical (unpaired) electrons. The lowest BCUT2D eigenvalue weighted by molar-refractivity contribution is -0.116. The Kier molecular flexibility index (Phi) is 5.26. The van der Waals surface area contributed by atoms with Gasteiger partial charge in [-0.05, 0) is 31.0 Å². The molecule has 2 aromatic rings. The normalized spacial score (nSPS) is 12.1. The number of thiazole rings is 1. The Hall–Kier alpha value is -1.72. The lowest BCUT2D eigenvalue weighted by Crippen LogP contribution is -2.16. The van der Waals surface area contributed by atoms with Crippen molar-refractivity contribution in [3.05, 3.63) is 35.8 Å². The van der Waals surface area contributed by atoms with Gasteiger partial charge in [-0.2, -0.15) is 0 Å². The van der Waals surface area contributed by atoms with Crippen LogP contribution in [0.25, 0.3) is 10.6 Å². The van der Waals surface area contributed by atoms with Crippen LogP contribution in [0.2, 0.25) is 0 Å². The standard InChI is InChI=1S/C15H19N3OS/c1-11(10-16)5-6-14(19)18-13-4-2-3-12(9-13)15-17-7-8-20-15/h2-4,7-9,11H,5-6,10,16H2,1H3,(H,18,19). The number of hydrogen-bond acceptors (Lipinski definition) is 4. The van der Waals surface area contributed by atoms with E-state index in [1.165, 1.54) is 0 Å². The molecule has 20 heavy (non-hydrogen) atoms. The summed E-state index contributed by atoms with van der Waals surface area (Å²) in [4.78, 5) is 16.1. The van der Waals surface area contributed by atoms with E-state index < -0.39 is 0 Å². The molecule has 3 N–H and O–H groups in total. The van der Waals surface area contributed by atoms with E-state index in [1.807, 2.05) is 29.6 Å². The summed E-state index contributed by atoms with van der Waals surface area (Å²) in [5, 5.41) is 5.82. The van der Waals surface area contributed by atoms with Crippen molar-refractivity contribution < 1.29 is 4.79 Å². The molecule has 106 valence electrons. The number of rotatable bonds is 6. The third kappa shape index (κ3) is 4.15. The zero-order chi connectivity index (χ0) is 14.4. The summed E-state index contributed by atoms with van der Waals surface area (Å²) in [6.07, 6.45) is 3.09. The Morgan fingerprint density at radius 2 is 2.35 bits per heavy atom. The van der Waals surface area contributed by atoms with Crippen LogP contribution in [0.1, 0.15) is 19.8 Å². The van der Waals surface area contributed by atoms with Gasteiger partial charge in [0.05, 0.1) is 0 Å². The third-order valence-electron chi connectivity index (χ3n) is 3.09. The fourth-order valence-corrected chi connectivity index (χ4v) is 2.45. The first-order valence-electron chi connectivity index (χ1n) is 6.69. The Morgan fingerprint density at radius 1 is 1.50 bits per heavy atom. The van der Waals surface area contributed by atoms with Crippen LogP contribution in [0.4, 0.5) is 5.69 Å². The van der Waals surface area contributed by atoms with Crippen LogP contribution in [-0.4, -0.2) is 17.4 Å². The monoisotopic (exact) mass is 289 g/mol. The van der Waals surface area contributed by atoms with Crippen LogP contribution in [0.15, 0.2) is 35.8 Å². The molecule has 0 aliphatic heterocycles. The van der Waals surface area contributed by atoms with Gasteiger partial charge in [0.25, 0.3) is 0 Å². The summed E-state index contributed by atoms with van der Waals surface area (Å²) < 4.78 is 0. The smallest absolute Gasteiger partial charge is 0.224 e. The maximum atomic E-state index is 11.9. The number of benzene rings is 1. The van der Waals surface area contributed by atoms with Crippen molar-refractivity contribution >= 4 is 22.9 Å². The Bertz CT molecular complexity index is 554. The Balaban J connectivity index is 1.96. The molecule has 0 bridgehead atoms. The van der Waals surface area contributed by atoms with E-state index in [0.717, 1.165) is 22.7 Å². The second-order valence-corrected chi connectivity index (χ2v) is 5.74. The summed E-state index contributed by atoms with van der Waals surface area (Å²) in [5.41, 5.74) is 7.38. The van der Waals surface area contributed by atoms with E-state index in [-0.39, 0.29) is 5.91 Å². The van der Waals surface area contributed by atoms with Crippen molar-refractivity contribution in [2.45, 2.75) is 19.8 Å². The van der Waals surface area contributed by atoms with Crippen molar-refractivity contribution in [3.8, 4) is 10.6 Å². The van der Waals surface area contributed by atoms with Gasteiger partial charge in [0.2, 0.25) is 5.91 Å². The summed E-state index contributed by atoms with van der Waals surface area (Å²) in [6, 6.07) is 7.75. The van der Waals surface area contributed by atoms with E-state index in [1.54, 1.807) is 17.5 Å². The molecular weight excluding hydrogens is 270 g/mol. The number of anilines is 1. The van der Waals surface area contributed by atoms with Crippen molar-refractivity contribution in [1.82, 2.24) is 4.98 Å². The number of nitrogens with two attached hydrogens (primary N) is 1. The molecule has 0 aliphatic rings. The molecule has 0 saturated heterocycles. The van der Waals surface area contributed by atoms with Gasteiger partial charge in [0, 0.05) is 29.2 Å². The number of carbonyl (C=O) groups excluding carboxylic acids is 1. The summed E-state index contributed by atoms with van der Waals surface area (Å²) in [6.45, 7) is 2.67. The molecule has 1 aromatic carbocycles. The van der Waals surface area contributed by atoms with E-state index >= 15 is 0 Å².